The topological polar surface area (TPSA) is 52.2 Å². The maximum absolute atomic E-state index is 5.91. The molecular weight excluding hydrogens is 368 g/mol. The summed E-state index contributed by atoms with van der Waals surface area (Å²) in [6.45, 7) is 8.08. The minimum atomic E-state index is -0.0522. The highest BCUT2D eigenvalue weighted by molar-refractivity contribution is 5.29. The Labute approximate surface area is 175 Å². The summed E-state index contributed by atoms with van der Waals surface area (Å²) in [5, 5.41) is 3.45. The lowest BCUT2D eigenvalue weighted by atomic mass is 10.1. The third-order valence-corrected chi connectivity index (χ3v) is 5.65. The van der Waals surface area contributed by atoms with Gasteiger partial charge in [0.15, 0.2) is 6.29 Å². The molecule has 0 radical (unpaired) electrons. The average Bonchev–Trinajstić information content (AvgIpc) is 3.22. The van der Waals surface area contributed by atoms with E-state index in [4.69, 9.17) is 18.9 Å². The van der Waals surface area contributed by atoms with E-state index in [-0.39, 0.29) is 6.29 Å². The first kappa shape index (κ1) is 22.5. The van der Waals surface area contributed by atoms with Crippen LogP contribution in [0.3, 0.4) is 0 Å². The molecule has 3 rings (SSSR count). The number of rotatable bonds is 12. The molecule has 2 aliphatic rings. The van der Waals surface area contributed by atoms with Crippen LogP contribution in [0.1, 0.15) is 50.6 Å². The third-order valence-electron chi connectivity index (χ3n) is 5.65. The lowest BCUT2D eigenvalue weighted by Gasteiger charge is -2.24. The Morgan fingerprint density at radius 2 is 1.97 bits per heavy atom. The molecule has 0 bridgehead atoms. The van der Waals surface area contributed by atoms with Crippen LogP contribution in [0, 0.1) is 0 Å². The van der Waals surface area contributed by atoms with E-state index in [0.717, 1.165) is 64.3 Å². The molecule has 2 heterocycles. The first-order valence-electron chi connectivity index (χ1n) is 11.3. The fourth-order valence-corrected chi connectivity index (χ4v) is 3.98. The number of likely N-dealkylation sites (N-methyl/N-ethyl adjacent to an activating group) is 1. The summed E-state index contributed by atoms with van der Waals surface area (Å²) in [7, 11) is 2.03. The normalized spacial score (nSPS) is 23.9. The first-order chi connectivity index (χ1) is 14.3. The molecule has 1 aromatic carbocycles. The van der Waals surface area contributed by atoms with Crippen molar-refractivity contribution in [1.82, 2.24) is 10.2 Å². The van der Waals surface area contributed by atoms with E-state index in [1.165, 1.54) is 12.0 Å². The predicted octanol–water partition coefficient (Wildman–Crippen LogP) is 3.37. The second kappa shape index (κ2) is 12.5. The van der Waals surface area contributed by atoms with Crippen molar-refractivity contribution in [1.29, 1.82) is 0 Å². The maximum atomic E-state index is 5.91. The fraction of sp³-hybridized carbons (Fsp3) is 0.739. The van der Waals surface area contributed by atoms with E-state index in [9.17, 15) is 0 Å². The number of benzene rings is 1. The van der Waals surface area contributed by atoms with E-state index in [1.807, 2.05) is 19.2 Å². The molecule has 1 aromatic rings. The molecular formula is C23H38N2O4. The Kier molecular flexibility index (Phi) is 9.70. The molecule has 0 spiro atoms. The van der Waals surface area contributed by atoms with Crippen LogP contribution in [0.15, 0.2) is 24.3 Å². The predicted molar refractivity (Wildman–Crippen MR) is 114 cm³/mol. The highest BCUT2D eigenvalue weighted by Gasteiger charge is 2.25. The van der Waals surface area contributed by atoms with E-state index >= 15 is 0 Å². The van der Waals surface area contributed by atoms with Crippen LogP contribution in [0.25, 0.3) is 0 Å². The Morgan fingerprint density at radius 1 is 1.10 bits per heavy atom. The lowest BCUT2D eigenvalue weighted by molar-refractivity contribution is -0.165. The summed E-state index contributed by atoms with van der Waals surface area (Å²) in [4.78, 5) is 2.50. The molecule has 1 unspecified atom stereocenters. The van der Waals surface area contributed by atoms with Crippen molar-refractivity contribution >= 4 is 0 Å². The van der Waals surface area contributed by atoms with Gasteiger partial charge in [-0.1, -0.05) is 19.1 Å². The van der Waals surface area contributed by atoms with E-state index < -0.39 is 0 Å². The van der Waals surface area contributed by atoms with Crippen molar-refractivity contribution in [3.63, 3.8) is 0 Å². The molecule has 2 aliphatic heterocycles. The highest BCUT2D eigenvalue weighted by Crippen LogP contribution is 2.22. The molecule has 1 N–H and O–H groups in total. The van der Waals surface area contributed by atoms with Crippen molar-refractivity contribution in [2.45, 2.75) is 57.5 Å². The van der Waals surface area contributed by atoms with E-state index in [1.54, 1.807) is 0 Å². The van der Waals surface area contributed by atoms with Crippen molar-refractivity contribution in [2.24, 2.45) is 0 Å². The maximum Gasteiger partial charge on any atom is 0.157 e. The van der Waals surface area contributed by atoms with Crippen LogP contribution in [0.4, 0.5) is 0 Å². The average molecular weight is 407 g/mol. The van der Waals surface area contributed by atoms with Crippen LogP contribution in [-0.2, 0) is 14.2 Å². The standard InChI is InChI=1S/C23H38N2O4/c1-3-13-26-21-11-12-25(17-21)18-22(24-2)19-7-9-20(10-8-19)27-15-16-29-23-6-4-5-14-28-23/h7-10,21-24H,3-6,11-18H2,1-2H3/t21-,22+,23?/m0/s1. The van der Waals surface area contributed by atoms with Crippen LogP contribution >= 0.6 is 0 Å². The number of nitrogens with zero attached hydrogens (tertiary/aromatic N) is 1. The first-order valence-corrected chi connectivity index (χ1v) is 11.3. The largest absolute Gasteiger partial charge is 0.491 e. The molecule has 2 fully saturated rings. The Balaban J connectivity index is 1.38. The molecule has 0 amide bonds. The van der Waals surface area contributed by atoms with Gasteiger partial charge in [-0.15, -0.1) is 0 Å². The van der Waals surface area contributed by atoms with Gasteiger partial charge in [0, 0.05) is 38.9 Å². The van der Waals surface area contributed by atoms with Crippen LogP contribution < -0.4 is 10.1 Å². The number of ether oxygens (including phenoxy) is 4. The summed E-state index contributed by atoms with van der Waals surface area (Å²) in [6, 6.07) is 8.72. The minimum Gasteiger partial charge on any atom is -0.491 e. The summed E-state index contributed by atoms with van der Waals surface area (Å²) in [5.41, 5.74) is 1.28. The number of hydrogen-bond donors (Lipinski definition) is 1. The molecule has 164 valence electrons. The van der Waals surface area contributed by atoms with Crippen LogP contribution in [-0.4, -0.2) is 70.4 Å². The van der Waals surface area contributed by atoms with E-state index in [2.05, 4.69) is 29.3 Å². The third kappa shape index (κ3) is 7.54. The van der Waals surface area contributed by atoms with Gasteiger partial charge < -0.3 is 24.3 Å². The Hall–Kier alpha value is -1.18. The molecule has 2 saturated heterocycles. The molecule has 29 heavy (non-hydrogen) atoms. The van der Waals surface area contributed by atoms with Gasteiger partial charge in [0.1, 0.15) is 12.4 Å². The zero-order chi connectivity index (χ0) is 20.3. The highest BCUT2D eigenvalue weighted by atomic mass is 16.7. The number of nitrogens with one attached hydrogen (secondary N) is 1. The van der Waals surface area contributed by atoms with Crippen molar-refractivity contribution in [3.8, 4) is 5.75 Å². The molecule has 0 aromatic heterocycles. The molecule has 0 saturated carbocycles. The summed E-state index contributed by atoms with van der Waals surface area (Å²) in [6.07, 6.45) is 5.88. The second-order valence-corrected chi connectivity index (χ2v) is 7.97. The van der Waals surface area contributed by atoms with Gasteiger partial charge in [0.25, 0.3) is 0 Å². The number of likely N-dealkylation sites (tertiary alicyclic amines) is 1. The zero-order valence-electron chi connectivity index (χ0n) is 18.1. The minimum absolute atomic E-state index is 0.0522. The molecule has 3 atom stereocenters. The van der Waals surface area contributed by atoms with Crippen molar-refractivity contribution in [2.75, 3.05) is 53.1 Å². The van der Waals surface area contributed by atoms with Gasteiger partial charge in [-0.25, -0.2) is 0 Å². The van der Waals surface area contributed by atoms with Gasteiger partial charge in [-0.3, -0.25) is 4.90 Å². The quantitative estimate of drug-likeness (QED) is 0.537. The van der Waals surface area contributed by atoms with Crippen molar-refractivity contribution < 1.29 is 18.9 Å². The smallest absolute Gasteiger partial charge is 0.157 e. The van der Waals surface area contributed by atoms with E-state index in [0.29, 0.717) is 25.4 Å². The zero-order valence-corrected chi connectivity index (χ0v) is 18.1. The summed E-state index contributed by atoms with van der Waals surface area (Å²) < 4.78 is 23.0. The summed E-state index contributed by atoms with van der Waals surface area (Å²) in [5.74, 6) is 0.881. The number of hydrogen-bond acceptors (Lipinski definition) is 6. The van der Waals surface area contributed by atoms with Gasteiger partial charge in [0.2, 0.25) is 0 Å². The lowest BCUT2D eigenvalue weighted by Crippen LogP contribution is -2.33. The Bertz CT molecular complexity index is 563. The van der Waals surface area contributed by atoms with Crippen molar-refractivity contribution in [3.05, 3.63) is 29.8 Å². The molecule has 6 nitrogen and oxygen atoms in total. The van der Waals surface area contributed by atoms with Crippen LogP contribution in [0.2, 0.25) is 0 Å². The monoisotopic (exact) mass is 406 g/mol. The SMILES string of the molecule is CCCO[C@H]1CCN(C[C@@H](NC)c2ccc(OCCOC3CCCCO3)cc2)C1. The molecule has 6 heteroatoms. The van der Waals surface area contributed by atoms with Gasteiger partial charge in [0.05, 0.1) is 12.7 Å². The van der Waals surface area contributed by atoms with Gasteiger partial charge in [-0.2, -0.15) is 0 Å². The van der Waals surface area contributed by atoms with Gasteiger partial charge >= 0.3 is 0 Å². The second-order valence-electron chi connectivity index (χ2n) is 7.97. The Morgan fingerprint density at radius 3 is 2.69 bits per heavy atom. The molecule has 0 aliphatic carbocycles. The summed E-state index contributed by atoms with van der Waals surface area (Å²) >= 11 is 0. The van der Waals surface area contributed by atoms with Crippen LogP contribution in [0.5, 0.6) is 5.75 Å². The fourth-order valence-electron chi connectivity index (χ4n) is 3.98. The van der Waals surface area contributed by atoms with Gasteiger partial charge in [-0.05, 0) is 56.8 Å².